The van der Waals surface area contributed by atoms with E-state index in [0.29, 0.717) is 12.2 Å². The Kier molecular flexibility index (Phi) is 6.21. The van der Waals surface area contributed by atoms with Gasteiger partial charge in [-0.25, -0.2) is 4.79 Å². The molecule has 0 N–H and O–H groups in total. The van der Waals surface area contributed by atoms with Crippen molar-refractivity contribution >= 4 is 33.9 Å². The van der Waals surface area contributed by atoms with Crippen molar-refractivity contribution in [1.29, 1.82) is 0 Å². The molecule has 1 aliphatic heterocycles. The molecule has 1 aliphatic rings. The molecule has 0 bridgehead atoms. The Bertz CT molecular complexity index is 526. The van der Waals surface area contributed by atoms with E-state index < -0.39 is 0 Å². The molecular weight excluding hydrogens is 290 g/mol. The molecule has 1 aromatic rings. The Hall–Kier alpha value is -1.20. The van der Waals surface area contributed by atoms with E-state index in [1.807, 2.05) is 43.3 Å². The van der Waals surface area contributed by atoms with Gasteiger partial charge in [0.15, 0.2) is 0 Å². The van der Waals surface area contributed by atoms with Crippen LogP contribution in [-0.4, -0.2) is 29.2 Å². The van der Waals surface area contributed by atoms with Crippen LogP contribution in [0.4, 0.5) is 0 Å². The van der Waals surface area contributed by atoms with Gasteiger partial charge in [-0.1, -0.05) is 53.9 Å². The number of nitrogens with zero attached hydrogens (tertiary/aromatic N) is 1. The summed E-state index contributed by atoms with van der Waals surface area (Å²) in [6.45, 7) is 3.12. The van der Waals surface area contributed by atoms with E-state index >= 15 is 0 Å². The van der Waals surface area contributed by atoms with Crippen molar-refractivity contribution in [3.05, 3.63) is 47.5 Å². The van der Waals surface area contributed by atoms with E-state index in [1.54, 1.807) is 23.5 Å². The minimum Gasteiger partial charge on any atom is -0.458 e. The van der Waals surface area contributed by atoms with Crippen LogP contribution in [0.15, 0.2) is 41.4 Å². The van der Waals surface area contributed by atoms with E-state index in [9.17, 15) is 4.79 Å². The van der Waals surface area contributed by atoms with Crippen molar-refractivity contribution in [2.24, 2.45) is 4.99 Å². The van der Waals surface area contributed by atoms with Gasteiger partial charge in [-0.15, -0.1) is 0 Å². The number of allylic oxidation sites excluding steroid dienone is 1. The van der Waals surface area contributed by atoms with Gasteiger partial charge in [0.2, 0.25) is 0 Å². The van der Waals surface area contributed by atoms with Gasteiger partial charge in [-0.05, 0) is 18.6 Å². The van der Waals surface area contributed by atoms with Crippen molar-refractivity contribution in [1.82, 2.24) is 0 Å². The molecule has 106 valence electrons. The minimum absolute atomic E-state index is 0.264. The molecule has 0 atom stereocenters. The van der Waals surface area contributed by atoms with Crippen LogP contribution in [0.2, 0.25) is 0 Å². The fourth-order valence-corrected chi connectivity index (χ4v) is 3.70. The first-order chi connectivity index (χ1) is 9.81. The summed E-state index contributed by atoms with van der Waals surface area (Å²) in [6.07, 6.45) is 3.68. The first kappa shape index (κ1) is 15.2. The molecule has 0 aliphatic carbocycles. The zero-order chi connectivity index (χ0) is 14.2. The van der Waals surface area contributed by atoms with E-state index in [0.717, 1.165) is 28.0 Å². The maximum Gasteiger partial charge on any atom is 0.338 e. The number of hydrogen-bond donors (Lipinski definition) is 0. The summed E-state index contributed by atoms with van der Waals surface area (Å²) in [7, 11) is 0. The fourth-order valence-electron chi connectivity index (χ4n) is 1.69. The molecule has 5 heteroatoms. The minimum atomic E-state index is -0.264. The van der Waals surface area contributed by atoms with Gasteiger partial charge in [0.05, 0.1) is 12.1 Å². The van der Waals surface area contributed by atoms with Gasteiger partial charge < -0.3 is 4.74 Å². The molecule has 0 spiro atoms. The van der Waals surface area contributed by atoms with E-state index in [2.05, 4.69) is 4.99 Å². The number of thioether (sulfide) groups is 2. The van der Waals surface area contributed by atoms with Crippen LogP contribution in [0.25, 0.3) is 0 Å². The second-order valence-electron chi connectivity index (χ2n) is 4.11. The summed E-state index contributed by atoms with van der Waals surface area (Å²) in [5.41, 5.74) is 1.64. The third kappa shape index (κ3) is 4.42. The van der Waals surface area contributed by atoms with E-state index in [1.165, 1.54) is 0 Å². The number of carbonyl (C=O) groups is 1. The number of benzene rings is 1. The Morgan fingerprint density at radius 1 is 1.50 bits per heavy atom. The smallest absolute Gasteiger partial charge is 0.338 e. The van der Waals surface area contributed by atoms with Crippen LogP contribution in [0.1, 0.15) is 22.8 Å². The molecule has 0 amide bonds. The third-order valence-electron chi connectivity index (χ3n) is 2.69. The third-order valence-corrected chi connectivity index (χ3v) is 4.99. The normalized spacial score (nSPS) is 14.6. The fraction of sp³-hybridized carbons (Fsp3) is 0.333. The standard InChI is InChI=1S/C15H17NO2S2/c1-2-3-9-18-14(17)13-7-5-4-6-12(13)11-20-15-16-8-10-19-15/h2-7H,8-11H2,1H3/b3-2+. The maximum atomic E-state index is 12.0. The van der Waals surface area contributed by atoms with Gasteiger partial charge in [-0.3, -0.25) is 4.99 Å². The molecule has 0 saturated carbocycles. The highest BCUT2D eigenvalue weighted by molar-refractivity contribution is 8.38. The van der Waals surface area contributed by atoms with Crippen LogP contribution in [0.5, 0.6) is 0 Å². The zero-order valence-electron chi connectivity index (χ0n) is 11.4. The summed E-state index contributed by atoms with van der Waals surface area (Å²) in [6, 6.07) is 7.60. The van der Waals surface area contributed by atoms with Gasteiger partial charge in [0.1, 0.15) is 11.0 Å². The average molecular weight is 307 g/mol. The summed E-state index contributed by atoms with van der Waals surface area (Å²) >= 11 is 3.47. The molecule has 0 unspecified atom stereocenters. The van der Waals surface area contributed by atoms with Crippen LogP contribution in [0, 0.1) is 0 Å². The van der Waals surface area contributed by atoms with Crippen LogP contribution < -0.4 is 0 Å². The Morgan fingerprint density at radius 3 is 3.10 bits per heavy atom. The highest BCUT2D eigenvalue weighted by atomic mass is 32.2. The second-order valence-corrected chi connectivity index (χ2v) is 6.42. The van der Waals surface area contributed by atoms with Crippen molar-refractivity contribution in [3.63, 3.8) is 0 Å². The van der Waals surface area contributed by atoms with Crippen molar-refractivity contribution < 1.29 is 9.53 Å². The number of carbonyl (C=O) groups excluding carboxylic acids is 1. The lowest BCUT2D eigenvalue weighted by Gasteiger charge is -2.08. The summed E-state index contributed by atoms with van der Waals surface area (Å²) in [5, 5.41) is 0. The van der Waals surface area contributed by atoms with Crippen molar-refractivity contribution in [2.75, 3.05) is 18.9 Å². The SMILES string of the molecule is C/C=C/COC(=O)c1ccccc1CSC1=NCCS1. The largest absolute Gasteiger partial charge is 0.458 e. The molecule has 0 fully saturated rings. The van der Waals surface area contributed by atoms with Crippen molar-refractivity contribution in [3.8, 4) is 0 Å². The maximum absolute atomic E-state index is 12.0. The predicted molar refractivity (Wildman–Crippen MR) is 87.6 cm³/mol. The quantitative estimate of drug-likeness (QED) is 0.613. The summed E-state index contributed by atoms with van der Waals surface area (Å²) < 4.78 is 6.32. The van der Waals surface area contributed by atoms with Gasteiger partial charge in [-0.2, -0.15) is 0 Å². The topological polar surface area (TPSA) is 38.7 Å². The van der Waals surface area contributed by atoms with E-state index in [4.69, 9.17) is 4.74 Å². The lowest BCUT2D eigenvalue weighted by Crippen LogP contribution is -2.08. The number of esters is 1. The van der Waals surface area contributed by atoms with Gasteiger partial charge in [0.25, 0.3) is 0 Å². The monoisotopic (exact) mass is 307 g/mol. The van der Waals surface area contributed by atoms with Gasteiger partial charge in [0, 0.05) is 11.5 Å². The molecule has 20 heavy (non-hydrogen) atoms. The van der Waals surface area contributed by atoms with Crippen molar-refractivity contribution in [2.45, 2.75) is 12.7 Å². The number of rotatable bonds is 5. The first-order valence-corrected chi connectivity index (χ1v) is 8.44. The molecule has 0 saturated heterocycles. The zero-order valence-corrected chi connectivity index (χ0v) is 13.0. The lowest BCUT2D eigenvalue weighted by molar-refractivity contribution is 0.0548. The Balaban J connectivity index is 1.99. The van der Waals surface area contributed by atoms with E-state index in [-0.39, 0.29) is 5.97 Å². The van der Waals surface area contributed by atoms with Crippen LogP contribution in [0.3, 0.4) is 0 Å². The Morgan fingerprint density at radius 2 is 2.35 bits per heavy atom. The summed E-state index contributed by atoms with van der Waals surface area (Å²) in [5.74, 6) is 1.55. The molecule has 0 radical (unpaired) electrons. The molecule has 1 heterocycles. The van der Waals surface area contributed by atoms with Crippen LogP contribution in [-0.2, 0) is 10.5 Å². The number of ether oxygens (including phenoxy) is 1. The number of hydrogen-bond acceptors (Lipinski definition) is 5. The lowest BCUT2D eigenvalue weighted by atomic mass is 10.1. The average Bonchev–Trinajstić information content (AvgIpc) is 2.99. The number of aliphatic imine (C=N–C) groups is 1. The summed E-state index contributed by atoms with van der Waals surface area (Å²) in [4.78, 5) is 16.4. The van der Waals surface area contributed by atoms with Crippen LogP contribution >= 0.6 is 23.5 Å². The second kappa shape index (κ2) is 8.17. The highest BCUT2D eigenvalue weighted by Gasteiger charge is 2.14. The molecule has 0 aromatic heterocycles. The molecular formula is C15H17NO2S2. The highest BCUT2D eigenvalue weighted by Crippen LogP contribution is 2.26. The predicted octanol–water partition coefficient (Wildman–Crippen LogP) is 3.76. The van der Waals surface area contributed by atoms with Gasteiger partial charge >= 0.3 is 5.97 Å². The first-order valence-electron chi connectivity index (χ1n) is 6.47. The molecule has 1 aromatic carbocycles. The Labute approximate surface area is 127 Å². The molecule has 3 nitrogen and oxygen atoms in total. The molecule has 2 rings (SSSR count).